The van der Waals surface area contributed by atoms with Crippen LogP contribution in [0.5, 0.6) is 0 Å². The topological polar surface area (TPSA) is 74.8 Å². The van der Waals surface area contributed by atoms with E-state index in [4.69, 9.17) is 0 Å². The first-order valence-corrected chi connectivity index (χ1v) is 7.16. The number of benzene rings is 2. The third-order valence-corrected chi connectivity index (χ3v) is 3.37. The molecule has 0 unspecified atom stereocenters. The molecule has 1 amide bonds. The SMILES string of the molecule is Cc1ccc(NC(=O)c2cc(-c3ccccc3)nc(=O)[nH]2)cc1. The largest absolute Gasteiger partial charge is 0.346 e. The Labute approximate surface area is 133 Å². The third kappa shape index (κ3) is 3.52. The fraction of sp³-hybridized carbons (Fsp3) is 0.0556. The number of H-pyrrole nitrogens is 1. The van der Waals surface area contributed by atoms with Gasteiger partial charge in [-0.2, -0.15) is 4.98 Å². The monoisotopic (exact) mass is 305 g/mol. The van der Waals surface area contributed by atoms with E-state index >= 15 is 0 Å². The second-order valence-electron chi connectivity index (χ2n) is 5.17. The number of carbonyl (C=O) groups excluding carboxylic acids is 1. The smallest absolute Gasteiger partial charge is 0.321 e. The molecular weight excluding hydrogens is 290 g/mol. The molecule has 0 fully saturated rings. The lowest BCUT2D eigenvalue weighted by atomic mass is 10.1. The van der Waals surface area contributed by atoms with Crippen molar-refractivity contribution in [2.24, 2.45) is 0 Å². The Kier molecular flexibility index (Phi) is 4.01. The van der Waals surface area contributed by atoms with E-state index in [2.05, 4.69) is 15.3 Å². The second-order valence-corrected chi connectivity index (χ2v) is 5.17. The highest BCUT2D eigenvalue weighted by atomic mass is 16.2. The van der Waals surface area contributed by atoms with Crippen LogP contribution in [-0.2, 0) is 0 Å². The summed E-state index contributed by atoms with van der Waals surface area (Å²) in [6, 6.07) is 18.2. The van der Waals surface area contributed by atoms with Gasteiger partial charge in [0.1, 0.15) is 5.69 Å². The number of rotatable bonds is 3. The normalized spacial score (nSPS) is 10.3. The zero-order valence-electron chi connectivity index (χ0n) is 12.5. The van der Waals surface area contributed by atoms with E-state index in [9.17, 15) is 9.59 Å². The maximum absolute atomic E-state index is 12.3. The summed E-state index contributed by atoms with van der Waals surface area (Å²) in [5.74, 6) is -0.384. The van der Waals surface area contributed by atoms with Gasteiger partial charge in [0.05, 0.1) is 5.69 Å². The van der Waals surface area contributed by atoms with Gasteiger partial charge in [0, 0.05) is 11.3 Å². The number of nitrogens with zero attached hydrogens (tertiary/aromatic N) is 1. The molecule has 5 nitrogen and oxygen atoms in total. The minimum Gasteiger partial charge on any atom is -0.321 e. The quantitative estimate of drug-likeness (QED) is 0.781. The highest BCUT2D eigenvalue weighted by Gasteiger charge is 2.10. The van der Waals surface area contributed by atoms with Crippen molar-refractivity contribution >= 4 is 11.6 Å². The minimum absolute atomic E-state index is 0.171. The van der Waals surface area contributed by atoms with E-state index in [1.54, 1.807) is 6.07 Å². The molecule has 0 saturated heterocycles. The molecule has 1 heterocycles. The maximum atomic E-state index is 12.3. The van der Waals surface area contributed by atoms with Crippen LogP contribution in [0.3, 0.4) is 0 Å². The highest BCUT2D eigenvalue weighted by molar-refractivity contribution is 6.03. The molecule has 0 aliphatic carbocycles. The summed E-state index contributed by atoms with van der Waals surface area (Å²) in [5, 5.41) is 2.75. The van der Waals surface area contributed by atoms with Gasteiger partial charge in [0.2, 0.25) is 0 Å². The lowest BCUT2D eigenvalue weighted by molar-refractivity contribution is 0.102. The van der Waals surface area contributed by atoms with Gasteiger partial charge in [-0.05, 0) is 25.1 Å². The number of nitrogens with one attached hydrogen (secondary N) is 2. The minimum atomic E-state index is -0.555. The van der Waals surface area contributed by atoms with Crippen molar-refractivity contribution in [2.75, 3.05) is 5.32 Å². The van der Waals surface area contributed by atoms with Crippen LogP contribution >= 0.6 is 0 Å². The number of aromatic amines is 1. The van der Waals surface area contributed by atoms with Crippen molar-refractivity contribution in [3.8, 4) is 11.3 Å². The fourth-order valence-electron chi connectivity index (χ4n) is 2.17. The zero-order valence-corrected chi connectivity index (χ0v) is 12.5. The Balaban J connectivity index is 1.90. The standard InChI is InChI=1S/C18H15N3O2/c1-12-7-9-14(10-8-12)19-17(22)16-11-15(20-18(23)21-16)13-5-3-2-4-6-13/h2-11H,1H3,(H,19,22)(H,20,21,23). The Bertz CT molecular complexity index is 884. The average Bonchev–Trinajstić information content (AvgIpc) is 2.57. The van der Waals surface area contributed by atoms with Gasteiger partial charge in [0.25, 0.3) is 5.91 Å². The van der Waals surface area contributed by atoms with Gasteiger partial charge in [-0.1, -0.05) is 48.0 Å². The number of aromatic nitrogens is 2. The second kappa shape index (κ2) is 6.27. The molecule has 114 valence electrons. The Morgan fingerprint density at radius 2 is 1.74 bits per heavy atom. The molecule has 0 bridgehead atoms. The van der Waals surface area contributed by atoms with Gasteiger partial charge in [-0.3, -0.25) is 4.79 Å². The van der Waals surface area contributed by atoms with Crippen LogP contribution in [-0.4, -0.2) is 15.9 Å². The van der Waals surface area contributed by atoms with Crippen LogP contribution in [0, 0.1) is 6.92 Å². The molecule has 0 atom stereocenters. The van der Waals surface area contributed by atoms with Crippen molar-refractivity contribution in [2.45, 2.75) is 6.92 Å². The van der Waals surface area contributed by atoms with Crippen LogP contribution in [0.25, 0.3) is 11.3 Å². The summed E-state index contributed by atoms with van der Waals surface area (Å²) < 4.78 is 0. The summed E-state index contributed by atoms with van der Waals surface area (Å²) in [5.41, 5.74) is 2.63. The molecule has 0 radical (unpaired) electrons. The third-order valence-electron chi connectivity index (χ3n) is 3.37. The number of hydrogen-bond donors (Lipinski definition) is 2. The lowest BCUT2D eigenvalue weighted by Crippen LogP contribution is -2.21. The summed E-state index contributed by atoms with van der Waals surface area (Å²) in [7, 11) is 0. The molecule has 0 aliphatic rings. The number of aryl methyl sites for hydroxylation is 1. The fourth-order valence-corrected chi connectivity index (χ4v) is 2.17. The lowest BCUT2D eigenvalue weighted by Gasteiger charge is -2.07. The average molecular weight is 305 g/mol. The van der Waals surface area contributed by atoms with Gasteiger partial charge in [-0.25, -0.2) is 4.79 Å². The van der Waals surface area contributed by atoms with Crippen LogP contribution in [0.15, 0.2) is 65.5 Å². The van der Waals surface area contributed by atoms with Gasteiger partial charge >= 0.3 is 5.69 Å². The maximum Gasteiger partial charge on any atom is 0.346 e. The molecule has 3 aromatic rings. The molecule has 2 N–H and O–H groups in total. The van der Waals surface area contributed by atoms with Gasteiger partial charge in [-0.15, -0.1) is 0 Å². The van der Waals surface area contributed by atoms with E-state index < -0.39 is 5.69 Å². The summed E-state index contributed by atoms with van der Waals surface area (Å²) in [6.07, 6.45) is 0. The predicted octanol–water partition coefficient (Wildman–Crippen LogP) is 3.00. The predicted molar refractivity (Wildman–Crippen MR) is 89.4 cm³/mol. The zero-order chi connectivity index (χ0) is 16.2. The Morgan fingerprint density at radius 1 is 1.04 bits per heavy atom. The highest BCUT2D eigenvalue weighted by Crippen LogP contribution is 2.16. The summed E-state index contributed by atoms with van der Waals surface area (Å²) >= 11 is 0. The summed E-state index contributed by atoms with van der Waals surface area (Å²) in [4.78, 5) is 30.4. The van der Waals surface area contributed by atoms with Crippen molar-refractivity contribution < 1.29 is 4.79 Å². The van der Waals surface area contributed by atoms with Crippen molar-refractivity contribution in [1.29, 1.82) is 0 Å². The Morgan fingerprint density at radius 3 is 2.43 bits per heavy atom. The molecule has 1 aromatic heterocycles. The molecule has 23 heavy (non-hydrogen) atoms. The van der Waals surface area contributed by atoms with Crippen molar-refractivity contribution in [3.63, 3.8) is 0 Å². The van der Waals surface area contributed by atoms with E-state index in [1.165, 1.54) is 0 Å². The molecule has 5 heteroatoms. The number of carbonyl (C=O) groups is 1. The van der Waals surface area contributed by atoms with E-state index in [-0.39, 0.29) is 11.6 Å². The first-order chi connectivity index (χ1) is 11.1. The molecule has 0 aliphatic heterocycles. The van der Waals surface area contributed by atoms with Crippen LogP contribution in [0.2, 0.25) is 0 Å². The Hall–Kier alpha value is -3.21. The van der Waals surface area contributed by atoms with Crippen molar-refractivity contribution in [3.05, 3.63) is 82.4 Å². The van der Waals surface area contributed by atoms with Crippen molar-refractivity contribution in [1.82, 2.24) is 9.97 Å². The van der Waals surface area contributed by atoms with Gasteiger partial charge in [0.15, 0.2) is 0 Å². The number of amides is 1. The first kappa shape index (κ1) is 14.7. The van der Waals surface area contributed by atoms with E-state index in [0.717, 1.165) is 11.1 Å². The van der Waals surface area contributed by atoms with Crippen LogP contribution < -0.4 is 11.0 Å². The molecule has 2 aromatic carbocycles. The molecular formula is C18H15N3O2. The van der Waals surface area contributed by atoms with E-state index in [1.807, 2.05) is 61.5 Å². The molecule has 3 rings (SSSR count). The van der Waals surface area contributed by atoms with E-state index in [0.29, 0.717) is 11.4 Å². The van der Waals surface area contributed by atoms with Gasteiger partial charge < -0.3 is 10.3 Å². The first-order valence-electron chi connectivity index (χ1n) is 7.16. The molecule has 0 spiro atoms. The summed E-state index contributed by atoms with van der Waals surface area (Å²) in [6.45, 7) is 1.97. The molecule has 0 saturated carbocycles. The number of anilines is 1. The number of hydrogen-bond acceptors (Lipinski definition) is 3. The van der Waals surface area contributed by atoms with Crippen LogP contribution in [0.1, 0.15) is 16.1 Å². The van der Waals surface area contributed by atoms with Crippen LogP contribution in [0.4, 0.5) is 5.69 Å².